The van der Waals surface area contributed by atoms with Crippen LogP contribution in [0.15, 0.2) is 51.0 Å². The molecular weight excluding hydrogens is 977 g/mol. The van der Waals surface area contributed by atoms with Crippen LogP contribution in [0.5, 0.6) is 11.5 Å². The molecule has 21 nitrogen and oxygen atoms in total. The molecule has 5 heterocycles. The molecule has 7 rings (SSSR count). The van der Waals surface area contributed by atoms with Crippen molar-refractivity contribution in [1.82, 2.24) is 48.8 Å². The van der Waals surface area contributed by atoms with Gasteiger partial charge in [0.25, 0.3) is 17.4 Å². The van der Waals surface area contributed by atoms with E-state index in [1.807, 2.05) is 27.9 Å². The molecule has 2 fully saturated rings. The van der Waals surface area contributed by atoms with E-state index in [1.165, 1.54) is 37.3 Å². The van der Waals surface area contributed by atoms with Crippen molar-refractivity contribution in [3.63, 3.8) is 0 Å². The maximum atomic E-state index is 13.6. The van der Waals surface area contributed by atoms with E-state index in [9.17, 15) is 31.2 Å². The Hall–Kier alpha value is -5.72. The molecule has 0 bridgehead atoms. The van der Waals surface area contributed by atoms with Gasteiger partial charge in [-0.2, -0.15) is 10.2 Å². The number of rotatable bonds is 24. The highest BCUT2D eigenvalue weighted by Gasteiger charge is 2.28. The maximum absolute atomic E-state index is 13.6. The van der Waals surface area contributed by atoms with E-state index in [2.05, 4.69) is 44.7 Å². The summed E-state index contributed by atoms with van der Waals surface area (Å²) in [5.41, 5.74) is 1.84. The molecule has 0 radical (unpaired) electrons. The largest absolute Gasteiger partial charge is 0.493 e. The molecule has 2 aliphatic rings. The molecule has 6 N–H and O–H groups in total. The minimum atomic E-state index is -4.04. The number of sulfonamides is 2. The first-order chi connectivity index (χ1) is 38.7. The molecular formula is C50H74N12O9S2. The van der Waals surface area contributed by atoms with Gasteiger partial charge in [-0.05, 0) is 128 Å². The van der Waals surface area contributed by atoms with E-state index in [1.54, 1.807) is 6.92 Å². The van der Waals surface area contributed by atoms with Gasteiger partial charge in [0, 0.05) is 52.8 Å². The molecule has 2 aliphatic heterocycles. The summed E-state index contributed by atoms with van der Waals surface area (Å²) in [7, 11) is -3.95. The normalized spacial score (nSPS) is 19.2. The smallest absolute Gasteiger partial charge is 0.277 e. The van der Waals surface area contributed by atoms with Crippen LogP contribution in [0, 0.1) is 0 Å². The van der Waals surface area contributed by atoms with Crippen molar-refractivity contribution in [2.75, 3.05) is 58.8 Å². The Morgan fingerprint density at radius 3 is 1.88 bits per heavy atom. The zero-order valence-electron chi connectivity index (χ0n) is 52.1. The Labute approximate surface area is 443 Å². The number of hydrogen-bond donors (Lipinski definition) is 5. The van der Waals surface area contributed by atoms with Crippen LogP contribution in [-0.4, -0.2) is 134 Å². The number of amides is 2. The summed E-state index contributed by atoms with van der Waals surface area (Å²) in [5, 5.41) is 10.1. The molecule has 0 spiro atoms. The van der Waals surface area contributed by atoms with Gasteiger partial charge in [0.15, 0.2) is 5.52 Å². The summed E-state index contributed by atoms with van der Waals surface area (Å²) < 4.78 is 150. The lowest BCUT2D eigenvalue weighted by Crippen LogP contribution is -2.32. The highest BCUT2D eigenvalue weighted by Crippen LogP contribution is 2.32. The van der Waals surface area contributed by atoms with Crippen molar-refractivity contribution in [2.45, 2.75) is 127 Å². The maximum Gasteiger partial charge on any atom is 0.277 e. The summed E-state index contributed by atoms with van der Waals surface area (Å²) in [6.07, 6.45) is 2.09. The molecule has 400 valence electrons. The van der Waals surface area contributed by atoms with E-state index in [0.29, 0.717) is 47.7 Å². The molecule has 3 aromatic heterocycles. The van der Waals surface area contributed by atoms with Crippen molar-refractivity contribution < 1.29 is 49.6 Å². The second-order valence-corrected chi connectivity index (χ2v) is 21.2. The number of carbonyl (C=O) groups is 2. The Morgan fingerprint density at radius 2 is 1.34 bits per heavy atom. The van der Waals surface area contributed by atoms with Crippen LogP contribution in [0.2, 0.25) is 0 Å². The number of ether oxygens (including phenoxy) is 2. The summed E-state index contributed by atoms with van der Waals surface area (Å²) in [6.45, 7) is 3.80. The first-order valence-electron chi connectivity index (χ1n) is 29.5. The number of aromatic nitrogens is 6. The minimum Gasteiger partial charge on any atom is -0.493 e. The van der Waals surface area contributed by atoms with Gasteiger partial charge >= 0.3 is 0 Å². The average molecular weight is 1060 g/mol. The predicted octanol–water partition coefficient (Wildman–Crippen LogP) is 5.10. The second-order valence-electron chi connectivity index (χ2n) is 17.7. The van der Waals surface area contributed by atoms with Crippen molar-refractivity contribution in [1.29, 1.82) is 0 Å². The zero-order valence-corrected chi connectivity index (χ0v) is 43.8. The lowest BCUT2D eigenvalue weighted by Gasteiger charge is -2.19. The van der Waals surface area contributed by atoms with Gasteiger partial charge in [-0.1, -0.05) is 40.5 Å². The van der Waals surface area contributed by atoms with Gasteiger partial charge in [0.05, 0.1) is 51.2 Å². The van der Waals surface area contributed by atoms with Gasteiger partial charge in [0.2, 0.25) is 20.0 Å². The predicted molar refractivity (Wildman–Crippen MR) is 281 cm³/mol. The van der Waals surface area contributed by atoms with Gasteiger partial charge in [-0.3, -0.25) is 23.7 Å². The molecule has 2 unspecified atom stereocenters. The Morgan fingerprint density at radius 1 is 0.795 bits per heavy atom. The zero-order chi connectivity index (χ0) is 61.6. The number of nitrogens with zero attached hydrogens (tertiary/aromatic N) is 7. The van der Waals surface area contributed by atoms with E-state index < -0.39 is 86.7 Å². The van der Waals surface area contributed by atoms with Gasteiger partial charge in [0.1, 0.15) is 28.5 Å². The molecule has 23 heteroatoms. The van der Waals surface area contributed by atoms with Crippen LogP contribution in [0.4, 0.5) is 5.69 Å². The molecule has 2 atom stereocenters. The first-order valence-corrected chi connectivity index (χ1v) is 27.4. The lowest BCUT2D eigenvalue weighted by molar-refractivity contribution is 0.0992. The van der Waals surface area contributed by atoms with Crippen LogP contribution < -0.4 is 35.5 Å². The van der Waals surface area contributed by atoms with E-state index in [-0.39, 0.29) is 88.0 Å². The van der Waals surface area contributed by atoms with Crippen LogP contribution in [0.3, 0.4) is 0 Å². The fraction of sp³-hybridized carbons (Fsp3) is 0.560. The number of nitrogens with two attached hydrogens (primary N) is 1. The Balaban J connectivity index is 0.000000267. The molecule has 2 aromatic carbocycles. The SMILES string of the molecule is [2H]C([2H])(CC)c1nn(C([2H])([2H])[2H])c(C(N)=O)c1NC(=O)c1cc(S(=O)(=O)NCCC2CCCN2C)ccc1OCCC.[2H]C([2H])(CC)c1nn(C([2H])([2H])[2H])c2c(=O)[nH]c(-c3cc(S(=O)(=O)NCCC4CCCN4C)ccc3OCCC)nc12. The number of anilines is 1. The number of carbonyl (C=O) groups excluding carboxylic acids is 2. The number of nitrogens with one attached hydrogen (secondary N) is 4. The lowest BCUT2D eigenvalue weighted by atomic mass is 10.1. The first kappa shape index (κ1) is 43.7. The molecule has 5 aromatic rings. The highest BCUT2D eigenvalue weighted by molar-refractivity contribution is 7.89. The summed E-state index contributed by atoms with van der Waals surface area (Å²) >= 11 is 0. The van der Waals surface area contributed by atoms with E-state index >= 15 is 0 Å². The van der Waals surface area contributed by atoms with E-state index in [0.717, 1.165) is 44.8 Å². The molecule has 0 saturated carbocycles. The van der Waals surface area contributed by atoms with Crippen molar-refractivity contribution in [3.05, 3.63) is 69.4 Å². The van der Waals surface area contributed by atoms with Gasteiger partial charge in [-0.25, -0.2) is 31.3 Å². The van der Waals surface area contributed by atoms with Crippen LogP contribution >= 0.6 is 0 Å². The van der Waals surface area contributed by atoms with Crippen LogP contribution in [0.25, 0.3) is 22.4 Å². The monoisotopic (exact) mass is 1060 g/mol. The van der Waals surface area contributed by atoms with Crippen molar-refractivity contribution in [2.24, 2.45) is 19.7 Å². The van der Waals surface area contributed by atoms with Gasteiger partial charge in [-0.15, -0.1) is 0 Å². The van der Waals surface area contributed by atoms with Crippen LogP contribution in [0.1, 0.15) is 138 Å². The number of benzene rings is 2. The third-order valence-electron chi connectivity index (χ3n) is 12.4. The van der Waals surface area contributed by atoms with Crippen molar-refractivity contribution >= 4 is 48.6 Å². The average Bonchev–Trinajstić information content (AvgIpc) is 4.23. The molecule has 0 aliphatic carbocycles. The number of primary amides is 1. The van der Waals surface area contributed by atoms with Crippen molar-refractivity contribution in [3.8, 4) is 22.9 Å². The molecule has 2 saturated heterocycles. The second kappa shape index (κ2) is 25.5. The third-order valence-corrected chi connectivity index (χ3v) is 15.3. The van der Waals surface area contributed by atoms with Gasteiger partial charge < -0.3 is 35.3 Å². The summed E-state index contributed by atoms with van der Waals surface area (Å²) in [6, 6.07) is 8.54. The summed E-state index contributed by atoms with van der Waals surface area (Å²) in [5.74, 6) is -2.06. The number of hydrogen-bond acceptors (Lipinski definition) is 14. The molecule has 2 amide bonds. The van der Waals surface area contributed by atoms with Crippen LogP contribution in [-0.2, 0) is 46.7 Å². The number of fused-ring (bicyclic) bond motifs is 1. The highest BCUT2D eigenvalue weighted by atomic mass is 32.2. The third kappa shape index (κ3) is 13.9. The standard InChI is InChI=1S/C25H38N6O5S.C25H36N6O4S/c1-5-8-20-22(23(24(26)32)31(4)29-20)28-25(33)19-16-18(10-11-21(19)36-15-6-2)37(34,35)27-13-12-17-9-7-14-30(17)3;1-5-8-20-22-23(31(4)29-20)25(32)28-24(27-22)19-16-18(10-11-21(19)35-15-6-2)36(33,34)26-13-12-17-9-7-14-30(17)3/h10-11,16-17,27H,5-9,12-15H2,1-4H3,(H2,26,32)(H,28,33);10-11,16-17,26H,5-9,12-15H2,1-4H3,(H,27,28,32)/i2*4D3,8D2. The number of aryl methyl sites for hydroxylation is 4. The molecule has 73 heavy (non-hydrogen) atoms. The quantitative estimate of drug-likeness (QED) is 0.0538. The topological polar surface area (TPSA) is 271 Å². The fourth-order valence-electron chi connectivity index (χ4n) is 8.64. The summed E-state index contributed by atoms with van der Waals surface area (Å²) in [4.78, 5) is 50.4. The minimum absolute atomic E-state index is 0.0322. The number of H-pyrrole nitrogens is 1. The number of likely N-dealkylation sites (tertiary alicyclic amines) is 2. The Kier molecular flexibility index (Phi) is 15.2. The number of aromatic amines is 1. The van der Waals surface area contributed by atoms with E-state index in [4.69, 9.17) is 28.9 Å². The Bertz CT molecular complexity index is 3430. The fourth-order valence-corrected chi connectivity index (χ4v) is 10.8.